The fraction of sp³-hybridized carbons (Fsp3) is 0.0476. The average molecular weight is 427 g/mol. The molecule has 0 aliphatic carbocycles. The van der Waals surface area contributed by atoms with Crippen LogP contribution in [0.25, 0.3) is 0 Å². The van der Waals surface area contributed by atoms with Gasteiger partial charge in [-0.05, 0) is 29.3 Å². The maximum Gasteiger partial charge on any atom is 0.281 e. The van der Waals surface area contributed by atoms with Crippen molar-refractivity contribution in [3.05, 3.63) is 106 Å². The van der Waals surface area contributed by atoms with Gasteiger partial charge in [0.15, 0.2) is 5.60 Å². The third kappa shape index (κ3) is 4.13. The molecular weight excluding hydrogens is 411 g/mol. The van der Waals surface area contributed by atoms with Crippen molar-refractivity contribution >= 4 is 28.1 Å². The molecule has 4 nitrogen and oxygen atoms in total. The molecule has 0 bridgehead atoms. The summed E-state index contributed by atoms with van der Waals surface area (Å²) in [7, 11) is 0. The zero-order valence-electron chi connectivity index (χ0n) is 14.1. The Hall–Kier alpha value is -2.83. The summed E-state index contributed by atoms with van der Waals surface area (Å²) in [6.07, 6.45) is 1.19. The van der Waals surface area contributed by atoms with Crippen LogP contribution in [0.2, 0.25) is 0 Å². The maximum atomic E-state index is 13.8. The lowest BCUT2D eigenvalue weighted by Gasteiger charge is -2.27. The van der Waals surface area contributed by atoms with Crippen molar-refractivity contribution in [2.75, 3.05) is 0 Å². The summed E-state index contributed by atoms with van der Waals surface area (Å²) in [5, 5.41) is 15.1. The van der Waals surface area contributed by atoms with Crippen LogP contribution in [0.3, 0.4) is 0 Å². The molecule has 6 heteroatoms. The Balaban J connectivity index is 1.90. The standard InChI is InChI=1S/C21H16BrFN2O2/c22-18-11-12-19(23)15(13-18)14-24-25-20(26)21(27,16-7-3-1-4-8-16)17-9-5-2-6-10-17/h1-14,27H,(H,25,26)/b24-14-. The molecule has 0 fully saturated rings. The monoisotopic (exact) mass is 426 g/mol. The van der Waals surface area contributed by atoms with E-state index in [2.05, 4.69) is 26.5 Å². The zero-order valence-corrected chi connectivity index (χ0v) is 15.7. The van der Waals surface area contributed by atoms with E-state index >= 15 is 0 Å². The number of benzene rings is 3. The molecule has 0 aromatic heterocycles. The van der Waals surface area contributed by atoms with Crippen LogP contribution in [-0.4, -0.2) is 17.2 Å². The second kappa shape index (κ2) is 8.24. The van der Waals surface area contributed by atoms with E-state index in [1.165, 1.54) is 18.3 Å². The van der Waals surface area contributed by atoms with Crippen molar-refractivity contribution in [1.82, 2.24) is 5.43 Å². The molecule has 0 saturated carbocycles. The minimum Gasteiger partial charge on any atom is -0.372 e. The number of hydrogen-bond donors (Lipinski definition) is 2. The third-order valence-electron chi connectivity index (χ3n) is 4.04. The molecule has 0 saturated heterocycles. The zero-order chi connectivity index (χ0) is 19.3. The summed E-state index contributed by atoms with van der Waals surface area (Å²) in [6.45, 7) is 0. The number of nitrogens with one attached hydrogen (secondary N) is 1. The van der Waals surface area contributed by atoms with Crippen LogP contribution in [0.4, 0.5) is 4.39 Å². The van der Waals surface area contributed by atoms with Crippen molar-refractivity contribution in [2.45, 2.75) is 5.60 Å². The van der Waals surface area contributed by atoms with Crippen LogP contribution in [0, 0.1) is 5.82 Å². The SMILES string of the molecule is O=C(N/N=C\c1cc(Br)ccc1F)C(O)(c1ccccc1)c1ccccc1. The molecule has 0 atom stereocenters. The number of aliphatic hydroxyl groups is 1. The Morgan fingerprint density at radius 1 is 1.00 bits per heavy atom. The molecule has 136 valence electrons. The van der Waals surface area contributed by atoms with E-state index in [1.807, 2.05) is 0 Å². The van der Waals surface area contributed by atoms with E-state index in [0.29, 0.717) is 15.6 Å². The van der Waals surface area contributed by atoms with Crippen molar-refractivity contribution in [3.8, 4) is 0 Å². The second-order valence-corrected chi connectivity index (χ2v) is 6.72. The fourth-order valence-electron chi connectivity index (χ4n) is 2.64. The Bertz CT molecular complexity index is 923. The molecule has 0 radical (unpaired) electrons. The summed E-state index contributed by atoms with van der Waals surface area (Å²) in [6, 6.07) is 21.5. The highest BCUT2D eigenvalue weighted by Gasteiger charge is 2.39. The first-order valence-electron chi connectivity index (χ1n) is 8.14. The Kier molecular flexibility index (Phi) is 5.78. The van der Waals surface area contributed by atoms with Crippen molar-refractivity contribution in [3.63, 3.8) is 0 Å². The summed E-state index contributed by atoms with van der Waals surface area (Å²) < 4.78 is 14.5. The van der Waals surface area contributed by atoms with Crippen LogP contribution in [0.15, 0.2) is 88.4 Å². The van der Waals surface area contributed by atoms with E-state index in [0.717, 1.165) is 0 Å². The number of hydrogen-bond acceptors (Lipinski definition) is 3. The minimum absolute atomic E-state index is 0.202. The van der Waals surface area contributed by atoms with Gasteiger partial charge in [-0.1, -0.05) is 76.6 Å². The number of halogens is 2. The number of rotatable bonds is 5. The van der Waals surface area contributed by atoms with Crippen LogP contribution in [-0.2, 0) is 10.4 Å². The Morgan fingerprint density at radius 3 is 2.11 bits per heavy atom. The molecule has 27 heavy (non-hydrogen) atoms. The lowest BCUT2D eigenvalue weighted by atomic mass is 9.85. The normalized spacial score (nSPS) is 11.5. The van der Waals surface area contributed by atoms with Gasteiger partial charge >= 0.3 is 0 Å². The maximum absolute atomic E-state index is 13.8. The smallest absolute Gasteiger partial charge is 0.281 e. The molecule has 3 rings (SSSR count). The summed E-state index contributed by atoms with van der Waals surface area (Å²) in [5.41, 5.74) is 1.38. The molecule has 0 aliphatic heterocycles. The van der Waals surface area contributed by atoms with Gasteiger partial charge in [0.25, 0.3) is 5.91 Å². The number of hydrazone groups is 1. The first-order chi connectivity index (χ1) is 13.0. The molecule has 2 N–H and O–H groups in total. The quantitative estimate of drug-likeness (QED) is 0.478. The van der Waals surface area contributed by atoms with Gasteiger partial charge in [0, 0.05) is 10.0 Å². The fourth-order valence-corrected chi connectivity index (χ4v) is 3.02. The van der Waals surface area contributed by atoms with Crippen molar-refractivity contribution in [2.24, 2.45) is 5.10 Å². The summed E-state index contributed by atoms with van der Waals surface area (Å²) in [4.78, 5) is 12.8. The van der Waals surface area contributed by atoms with E-state index < -0.39 is 17.3 Å². The third-order valence-corrected chi connectivity index (χ3v) is 4.53. The van der Waals surface area contributed by atoms with Gasteiger partial charge < -0.3 is 5.11 Å². The molecule has 0 spiro atoms. The largest absolute Gasteiger partial charge is 0.372 e. The molecule has 3 aromatic carbocycles. The predicted molar refractivity (Wildman–Crippen MR) is 106 cm³/mol. The summed E-state index contributed by atoms with van der Waals surface area (Å²) >= 11 is 3.25. The highest BCUT2D eigenvalue weighted by Crippen LogP contribution is 2.29. The molecular formula is C21H16BrFN2O2. The van der Waals surface area contributed by atoms with Crippen molar-refractivity contribution in [1.29, 1.82) is 0 Å². The van der Waals surface area contributed by atoms with Crippen molar-refractivity contribution < 1.29 is 14.3 Å². The highest BCUT2D eigenvalue weighted by molar-refractivity contribution is 9.10. The van der Waals surface area contributed by atoms with Crippen LogP contribution < -0.4 is 5.43 Å². The number of amides is 1. The highest BCUT2D eigenvalue weighted by atomic mass is 79.9. The molecule has 1 amide bonds. The number of carbonyl (C=O) groups is 1. The van der Waals surface area contributed by atoms with Crippen LogP contribution in [0.1, 0.15) is 16.7 Å². The molecule has 0 heterocycles. The van der Waals surface area contributed by atoms with Gasteiger partial charge in [0.05, 0.1) is 6.21 Å². The molecule has 3 aromatic rings. The number of carbonyl (C=O) groups excluding carboxylic acids is 1. The first kappa shape index (κ1) is 18.9. The minimum atomic E-state index is -1.93. The lowest BCUT2D eigenvalue weighted by molar-refractivity contribution is -0.136. The van der Waals surface area contributed by atoms with E-state index in [9.17, 15) is 14.3 Å². The summed E-state index contributed by atoms with van der Waals surface area (Å²) in [5.74, 6) is -1.22. The van der Waals surface area contributed by atoms with Gasteiger partial charge in [-0.2, -0.15) is 5.10 Å². The van der Waals surface area contributed by atoms with Crippen LogP contribution >= 0.6 is 15.9 Å². The Labute approximate surface area is 164 Å². The molecule has 0 aliphatic rings. The first-order valence-corrected chi connectivity index (χ1v) is 8.93. The average Bonchev–Trinajstić information content (AvgIpc) is 2.71. The number of nitrogens with zero attached hydrogens (tertiary/aromatic N) is 1. The van der Waals surface area contributed by atoms with E-state index in [4.69, 9.17) is 0 Å². The Morgan fingerprint density at radius 2 is 1.56 bits per heavy atom. The van der Waals surface area contributed by atoms with E-state index in [-0.39, 0.29) is 5.56 Å². The van der Waals surface area contributed by atoms with Gasteiger partial charge in [0.2, 0.25) is 0 Å². The van der Waals surface area contributed by atoms with E-state index in [1.54, 1.807) is 66.7 Å². The van der Waals surface area contributed by atoms with Gasteiger partial charge in [-0.25, -0.2) is 9.82 Å². The lowest BCUT2D eigenvalue weighted by Crippen LogP contribution is -2.43. The van der Waals surface area contributed by atoms with Crippen LogP contribution in [0.5, 0.6) is 0 Å². The topological polar surface area (TPSA) is 61.7 Å². The van der Waals surface area contributed by atoms with Gasteiger partial charge in [-0.15, -0.1) is 0 Å². The van der Waals surface area contributed by atoms with Gasteiger partial charge in [-0.3, -0.25) is 4.79 Å². The second-order valence-electron chi connectivity index (χ2n) is 5.81. The molecule has 0 unspecified atom stereocenters. The predicted octanol–water partition coefficient (Wildman–Crippen LogP) is 3.97. The van der Waals surface area contributed by atoms with Gasteiger partial charge in [0.1, 0.15) is 5.82 Å².